The Morgan fingerprint density at radius 2 is 1.95 bits per heavy atom. The van der Waals surface area contributed by atoms with Gasteiger partial charge in [0.15, 0.2) is 5.72 Å². The van der Waals surface area contributed by atoms with Crippen molar-refractivity contribution in [1.82, 2.24) is 5.01 Å². The molecule has 0 bridgehead atoms. The van der Waals surface area contributed by atoms with Crippen LogP contribution < -0.4 is 0 Å². The molecule has 2 rings (SSSR count). The van der Waals surface area contributed by atoms with Gasteiger partial charge >= 0.3 is 0 Å². The first-order valence-corrected chi connectivity index (χ1v) is 8.37. The van der Waals surface area contributed by atoms with E-state index in [1.54, 1.807) is 12.1 Å². The minimum atomic E-state index is -1.29. The molecular weight excluding hydrogens is 344 g/mol. The Morgan fingerprint density at radius 3 is 2.45 bits per heavy atom. The van der Waals surface area contributed by atoms with Crippen molar-refractivity contribution in [2.24, 2.45) is 10.5 Å². The van der Waals surface area contributed by atoms with Gasteiger partial charge in [-0.3, -0.25) is 4.79 Å². The molecule has 4 nitrogen and oxygen atoms in total. The predicted octanol–water partition coefficient (Wildman–Crippen LogP) is 4.19. The lowest BCUT2D eigenvalue weighted by Crippen LogP contribution is -2.55. The highest BCUT2D eigenvalue weighted by Crippen LogP contribution is 2.41. The summed E-state index contributed by atoms with van der Waals surface area (Å²) in [6.45, 7) is 7.86. The summed E-state index contributed by atoms with van der Waals surface area (Å²) in [5, 5.41) is 16.9. The molecule has 1 aliphatic heterocycles. The highest BCUT2D eigenvalue weighted by molar-refractivity contribution is 9.10. The molecule has 0 unspecified atom stereocenters. The van der Waals surface area contributed by atoms with Gasteiger partial charge in [0, 0.05) is 27.6 Å². The standard InChI is InChI=1S/C17H23BrN2O2/c1-5-6-14-11-17(22,16(2,3)4)20(19-14)15(21)12-7-9-13(18)10-8-12/h7-10,22H,5-6,11H2,1-4H3/t17-/m0/s1. The van der Waals surface area contributed by atoms with Gasteiger partial charge in [0.2, 0.25) is 0 Å². The first-order chi connectivity index (χ1) is 10.2. The molecule has 1 aromatic carbocycles. The number of hydrogen-bond acceptors (Lipinski definition) is 3. The van der Waals surface area contributed by atoms with Crippen LogP contribution in [0.15, 0.2) is 33.8 Å². The maximum Gasteiger partial charge on any atom is 0.276 e. The van der Waals surface area contributed by atoms with Crippen LogP contribution in [0.2, 0.25) is 0 Å². The van der Waals surface area contributed by atoms with E-state index >= 15 is 0 Å². The van der Waals surface area contributed by atoms with E-state index in [1.165, 1.54) is 5.01 Å². The van der Waals surface area contributed by atoms with Crippen molar-refractivity contribution in [3.05, 3.63) is 34.3 Å². The molecule has 0 saturated carbocycles. The quantitative estimate of drug-likeness (QED) is 0.871. The van der Waals surface area contributed by atoms with Gasteiger partial charge in [-0.15, -0.1) is 0 Å². The maximum atomic E-state index is 12.8. The molecule has 120 valence electrons. The molecule has 0 saturated heterocycles. The van der Waals surface area contributed by atoms with Crippen LogP contribution in [-0.4, -0.2) is 27.5 Å². The zero-order chi connectivity index (χ0) is 16.5. The number of carbonyl (C=O) groups excluding carboxylic acids is 1. The average Bonchev–Trinajstić information content (AvgIpc) is 2.77. The summed E-state index contributed by atoms with van der Waals surface area (Å²) in [7, 11) is 0. The number of aliphatic hydroxyl groups is 1. The van der Waals surface area contributed by atoms with E-state index in [0.717, 1.165) is 23.0 Å². The highest BCUT2D eigenvalue weighted by atomic mass is 79.9. The van der Waals surface area contributed by atoms with E-state index in [4.69, 9.17) is 0 Å². The van der Waals surface area contributed by atoms with Crippen LogP contribution in [0.3, 0.4) is 0 Å². The Labute approximate surface area is 140 Å². The summed E-state index contributed by atoms with van der Waals surface area (Å²) < 4.78 is 0.909. The third-order valence-corrected chi connectivity index (χ3v) is 4.59. The summed E-state index contributed by atoms with van der Waals surface area (Å²) >= 11 is 3.36. The van der Waals surface area contributed by atoms with Gasteiger partial charge in [-0.1, -0.05) is 50.0 Å². The van der Waals surface area contributed by atoms with E-state index in [2.05, 4.69) is 28.0 Å². The Kier molecular flexibility index (Phi) is 4.78. The fourth-order valence-electron chi connectivity index (χ4n) is 2.56. The first-order valence-electron chi connectivity index (χ1n) is 7.58. The van der Waals surface area contributed by atoms with E-state index in [0.29, 0.717) is 12.0 Å². The van der Waals surface area contributed by atoms with Crippen molar-refractivity contribution in [1.29, 1.82) is 0 Å². The van der Waals surface area contributed by atoms with Crippen molar-refractivity contribution >= 4 is 27.5 Å². The lowest BCUT2D eigenvalue weighted by Gasteiger charge is -2.41. The molecule has 0 aromatic heterocycles. The van der Waals surface area contributed by atoms with Gasteiger partial charge in [-0.05, 0) is 30.7 Å². The van der Waals surface area contributed by atoms with Crippen molar-refractivity contribution < 1.29 is 9.90 Å². The summed E-state index contributed by atoms with van der Waals surface area (Å²) in [4.78, 5) is 12.8. The molecule has 0 radical (unpaired) electrons. The molecule has 1 heterocycles. The Morgan fingerprint density at radius 1 is 1.36 bits per heavy atom. The number of hydrazone groups is 1. The summed E-state index contributed by atoms with van der Waals surface area (Å²) in [5.41, 5.74) is -0.378. The monoisotopic (exact) mass is 366 g/mol. The van der Waals surface area contributed by atoms with Gasteiger partial charge in [0.1, 0.15) is 0 Å². The van der Waals surface area contributed by atoms with E-state index in [-0.39, 0.29) is 5.91 Å². The highest BCUT2D eigenvalue weighted by Gasteiger charge is 2.52. The van der Waals surface area contributed by atoms with E-state index in [9.17, 15) is 9.90 Å². The smallest absolute Gasteiger partial charge is 0.276 e. The largest absolute Gasteiger partial charge is 0.368 e. The SMILES string of the molecule is CCCC1=NN(C(=O)c2ccc(Br)cc2)[C@@](O)(C(C)(C)C)C1. The van der Waals surface area contributed by atoms with Crippen LogP contribution >= 0.6 is 15.9 Å². The molecule has 1 atom stereocenters. The molecule has 0 fully saturated rings. The van der Waals surface area contributed by atoms with Gasteiger partial charge in [0.25, 0.3) is 5.91 Å². The fourth-order valence-corrected chi connectivity index (χ4v) is 2.82. The van der Waals surface area contributed by atoms with Crippen LogP contribution in [0.25, 0.3) is 0 Å². The summed E-state index contributed by atoms with van der Waals surface area (Å²) in [5.74, 6) is -0.268. The molecule has 1 N–H and O–H groups in total. The normalized spacial score (nSPS) is 21.9. The van der Waals surface area contributed by atoms with E-state index in [1.807, 2.05) is 32.9 Å². The summed E-state index contributed by atoms with van der Waals surface area (Å²) in [6.07, 6.45) is 2.15. The van der Waals surface area contributed by atoms with Crippen molar-refractivity contribution in [2.75, 3.05) is 0 Å². The average molecular weight is 367 g/mol. The van der Waals surface area contributed by atoms with Crippen LogP contribution in [0.1, 0.15) is 57.3 Å². The van der Waals surface area contributed by atoms with Crippen LogP contribution in [-0.2, 0) is 0 Å². The second-order valence-electron chi connectivity index (χ2n) is 6.78. The van der Waals surface area contributed by atoms with Gasteiger partial charge < -0.3 is 5.11 Å². The molecule has 1 amide bonds. The van der Waals surface area contributed by atoms with Gasteiger partial charge in [0.05, 0.1) is 0 Å². The summed E-state index contributed by atoms with van der Waals surface area (Å²) in [6, 6.07) is 7.11. The first kappa shape index (κ1) is 17.2. The van der Waals surface area contributed by atoms with Crippen molar-refractivity contribution in [2.45, 2.75) is 52.7 Å². The Hall–Kier alpha value is -1.20. The molecule has 5 heteroatoms. The van der Waals surface area contributed by atoms with Crippen molar-refractivity contribution in [3.8, 4) is 0 Å². The zero-order valence-electron chi connectivity index (χ0n) is 13.6. The molecule has 0 spiro atoms. The fraction of sp³-hybridized carbons (Fsp3) is 0.529. The molecule has 0 aliphatic carbocycles. The number of carbonyl (C=O) groups is 1. The van der Waals surface area contributed by atoms with Gasteiger partial charge in [-0.25, -0.2) is 0 Å². The lowest BCUT2D eigenvalue weighted by atomic mass is 9.79. The number of rotatable bonds is 3. The topological polar surface area (TPSA) is 52.9 Å². The predicted molar refractivity (Wildman–Crippen MR) is 91.7 cm³/mol. The molecule has 1 aliphatic rings. The van der Waals surface area contributed by atoms with Crippen LogP contribution in [0.5, 0.6) is 0 Å². The van der Waals surface area contributed by atoms with Gasteiger partial charge in [-0.2, -0.15) is 10.1 Å². The lowest BCUT2D eigenvalue weighted by molar-refractivity contribution is -0.143. The number of hydrogen-bond donors (Lipinski definition) is 1. The Balaban J connectivity index is 2.39. The molecule has 1 aromatic rings. The second-order valence-corrected chi connectivity index (χ2v) is 7.70. The Bertz CT molecular complexity index is 590. The van der Waals surface area contributed by atoms with Crippen LogP contribution in [0, 0.1) is 5.41 Å². The minimum Gasteiger partial charge on any atom is -0.368 e. The van der Waals surface area contributed by atoms with Crippen LogP contribution in [0.4, 0.5) is 0 Å². The van der Waals surface area contributed by atoms with Crippen molar-refractivity contribution in [3.63, 3.8) is 0 Å². The maximum absolute atomic E-state index is 12.8. The number of benzene rings is 1. The van der Waals surface area contributed by atoms with E-state index < -0.39 is 11.1 Å². The second kappa shape index (κ2) is 6.13. The zero-order valence-corrected chi connectivity index (χ0v) is 15.1. The third-order valence-electron chi connectivity index (χ3n) is 4.07. The number of halogens is 1. The minimum absolute atomic E-state index is 0.268. The number of amides is 1. The number of nitrogens with zero attached hydrogens (tertiary/aromatic N) is 2. The third kappa shape index (κ3) is 3.10. The molecular formula is C17H23BrN2O2. The molecule has 22 heavy (non-hydrogen) atoms.